The number of aromatic nitrogens is 1. The number of oxazole rings is 1. The monoisotopic (exact) mass is 271 g/mol. The molecule has 3 rings (SSSR count). The van der Waals surface area contributed by atoms with Gasteiger partial charge in [-0.2, -0.15) is 0 Å². The molecular weight excluding hydrogens is 254 g/mol. The van der Waals surface area contributed by atoms with Crippen molar-refractivity contribution in [3.05, 3.63) is 36.9 Å². The van der Waals surface area contributed by atoms with E-state index in [1.165, 1.54) is 6.39 Å². The molecule has 1 fully saturated rings. The third-order valence-electron chi connectivity index (χ3n) is 3.78. The highest BCUT2D eigenvalue weighted by Gasteiger charge is 2.28. The van der Waals surface area contributed by atoms with Crippen LogP contribution in [0.2, 0.25) is 0 Å². The van der Waals surface area contributed by atoms with Crippen LogP contribution in [0.3, 0.4) is 0 Å². The average Bonchev–Trinajstić information content (AvgIpc) is 2.90. The van der Waals surface area contributed by atoms with Crippen LogP contribution in [-0.2, 0) is 4.79 Å². The first kappa shape index (κ1) is 12.9. The summed E-state index contributed by atoms with van der Waals surface area (Å²) in [6, 6.07) is 7.59. The van der Waals surface area contributed by atoms with Crippen molar-refractivity contribution < 1.29 is 9.21 Å². The average molecular weight is 271 g/mol. The van der Waals surface area contributed by atoms with Crippen molar-refractivity contribution in [1.29, 1.82) is 0 Å². The molecule has 2 aromatic rings. The Bertz CT molecular complexity index is 591. The van der Waals surface area contributed by atoms with Gasteiger partial charge in [-0.15, -0.1) is 0 Å². The van der Waals surface area contributed by atoms with Crippen LogP contribution in [0, 0.1) is 11.8 Å². The second kappa shape index (κ2) is 5.46. The van der Waals surface area contributed by atoms with Crippen LogP contribution in [0.1, 0.15) is 6.92 Å². The highest BCUT2D eigenvalue weighted by Crippen LogP contribution is 2.23. The van der Waals surface area contributed by atoms with Gasteiger partial charge in [0.1, 0.15) is 0 Å². The number of hydrogen-bond donors (Lipinski definition) is 2. The van der Waals surface area contributed by atoms with Crippen molar-refractivity contribution in [2.75, 3.05) is 18.4 Å². The molecule has 0 spiro atoms. The summed E-state index contributed by atoms with van der Waals surface area (Å²) in [7, 11) is 0. The van der Waals surface area contributed by atoms with E-state index < -0.39 is 0 Å². The summed E-state index contributed by atoms with van der Waals surface area (Å²) in [5.74, 6) is 1.21. The lowest BCUT2D eigenvalue weighted by Crippen LogP contribution is -2.48. The molecule has 0 radical (unpaired) electrons. The lowest BCUT2D eigenvalue weighted by molar-refractivity contribution is -0.121. The van der Waals surface area contributed by atoms with E-state index in [1.54, 1.807) is 6.20 Å². The highest BCUT2D eigenvalue weighted by molar-refractivity contribution is 5.93. The molecule has 1 aromatic carbocycles. The minimum absolute atomic E-state index is 0.0187. The molecule has 2 heterocycles. The summed E-state index contributed by atoms with van der Waals surface area (Å²) >= 11 is 0. The zero-order valence-corrected chi connectivity index (χ0v) is 11.3. The van der Waals surface area contributed by atoms with Crippen molar-refractivity contribution in [3.63, 3.8) is 0 Å². The Morgan fingerprint density at radius 1 is 1.50 bits per heavy atom. The zero-order chi connectivity index (χ0) is 13.9. The van der Waals surface area contributed by atoms with Gasteiger partial charge in [-0.05, 0) is 31.1 Å². The number of nitrogens with zero attached hydrogens (tertiary/aromatic N) is 1. The minimum Gasteiger partial charge on any atom is -0.444 e. The maximum absolute atomic E-state index is 12.2. The predicted octanol–water partition coefficient (Wildman–Crippen LogP) is 2.14. The fourth-order valence-corrected chi connectivity index (χ4v) is 2.24. The highest BCUT2D eigenvalue weighted by atomic mass is 16.3. The summed E-state index contributed by atoms with van der Waals surface area (Å²) < 4.78 is 5.26. The van der Waals surface area contributed by atoms with Gasteiger partial charge in [0.25, 0.3) is 0 Å². The molecule has 1 aliphatic heterocycles. The molecule has 1 aliphatic rings. The lowest BCUT2D eigenvalue weighted by atomic mass is 9.88. The largest absolute Gasteiger partial charge is 0.444 e. The Hall–Kier alpha value is -2.14. The van der Waals surface area contributed by atoms with Gasteiger partial charge in [0.15, 0.2) is 12.2 Å². The SMILES string of the molecule is CC(C(=O)Nc1cccc(-c2cnco2)c1)C1CNC1. The molecule has 0 aliphatic carbocycles. The van der Waals surface area contributed by atoms with Crippen molar-refractivity contribution in [3.8, 4) is 11.3 Å². The maximum atomic E-state index is 12.2. The molecular formula is C15H17N3O2. The van der Waals surface area contributed by atoms with Gasteiger partial charge in [0.2, 0.25) is 5.91 Å². The van der Waals surface area contributed by atoms with Gasteiger partial charge in [0.05, 0.1) is 6.20 Å². The molecule has 104 valence electrons. The Labute approximate surface area is 117 Å². The Morgan fingerprint density at radius 2 is 2.35 bits per heavy atom. The van der Waals surface area contributed by atoms with Gasteiger partial charge in [0, 0.05) is 17.2 Å². The van der Waals surface area contributed by atoms with E-state index in [4.69, 9.17) is 4.42 Å². The van der Waals surface area contributed by atoms with Crippen molar-refractivity contribution in [2.24, 2.45) is 11.8 Å². The van der Waals surface area contributed by atoms with Crippen LogP contribution in [-0.4, -0.2) is 24.0 Å². The van der Waals surface area contributed by atoms with Gasteiger partial charge in [-0.1, -0.05) is 19.1 Å². The predicted molar refractivity (Wildman–Crippen MR) is 76.1 cm³/mol. The first-order chi connectivity index (χ1) is 9.74. The van der Waals surface area contributed by atoms with Crippen molar-refractivity contribution in [2.45, 2.75) is 6.92 Å². The van der Waals surface area contributed by atoms with E-state index in [0.717, 1.165) is 24.3 Å². The van der Waals surface area contributed by atoms with Gasteiger partial charge >= 0.3 is 0 Å². The van der Waals surface area contributed by atoms with E-state index in [0.29, 0.717) is 11.7 Å². The van der Waals surface area contributed by atoms with Crippen LogP contribution < -0.4 is 10.6 Å². The number of rotatable bonds is 4. The Kier molecular flexibility index (Phi) is 3.52. The molecule has 1 amide bonds. The van der Waals surface area contributed by atoms with Crippen LogP contribution in [0.25, 0.3) is 11.3 Å². The maximum Gasteiger partial charge on any atom is 0.227 e. The van der Waals surface area contributed by atoms with Crippen LogP contribution >= 0.6 is 0 Å². The molecule has 1 saturated heterocycles. The lowest BCUT2D eigenvalue weighted by Gasteiger charge is -2.31. The van der Waals surface area contributed by atoms with Crippen molar-refractivity contribution in [1.82, 2.24) is 10.3 Å². The normalized spacial score (nSPS) is 16.4. The molecule has 5 heteroatoms. The van der Waals surface area contributed by atoms with E-state index in [-0.39, 0.29) is 11.8 Å². The molecule has 1 unspecified atom stereocenters. The summed E-state index contributed by atoms with van der Waals surface area (Å²) in [5, 5.41) is 6.15. The second-order valence-corrected chi connectivity index (χ2v) is 5.14. The molecule has 5 nitrogen and oxygen atoms in total. The number of nitrogens with one attached hydrogen (secondary N) is 2. The number of carbonyl (C=O) groups is 1. The quantitative estimate of drug-likeness (QED) is 0.894. The minimum atomic E-state index is 0.0187. The van der Waals surface area contributed by atoms with Gasteiger partial charge < -0.3 is 15.1 Å². The second-order valence-electron chi connectivity index (χ2n) is 5.14. The molecule has 1 atom stereocenters. The van der Waals surface area contributed by atoms with E-state index in [9.17, 15) is 4.79 Å². The van der Waals surface area contributed by atoms with E-state index in [2.05, 4.69) is 15.6 Å². The number of anilines is 1. The topological polar surface area (TPSA) is 67.2 Å². The molecule has 0 bridgehead atoms. The molecule has 0 saturated carbocycles. The third-order valence-corrected chi connectivity index (χ3v) is 3.78. The third kappa shape index (κ3) is 2.58. The molecule has 2 N–H and O–H groups in total. The summed E-state index contributed by atoms with van der Waals surface area (Å²) in [4.78, 5) is 16.1. The van der Waals surface area contributed by atoms with E-state index >= 15 is 0 Å². The van der Waals surface area contributed by atoms with Gasteiger partial charge in [-0.25, -0.2) is 4.98 Å². The van der Waals surface area contributed by atoms with Crippen LogP contribution in [0.15, 0.2) is 41.3 Å². The van der Waals surface area contributed by atoms with Crippen LogP contribution in [0.4, 0.5) is 5.69 Å². The standard InChI is InChI=1S/C15H17N3O2/c1-10(12-6-16-7-12)15(19)18-13-4-2-3-11(5-13)14-8-17-9-20-14/h2-5,8-10,12,16H,6-7H2,1H3,(H,18,19). The Balaban J connectivity index is 1.71. The number of amides is 1. The summed E-state index contributed by atoms with van der Waals surface area (Å²) in [6.45, 7) is 3.82. The Morgan fingerprint density at radius 3 is 3.00 bits per heavy atom. The molecule has 20 heavy (non-hydrogen) atoms. The van der Waals surface area contributed by atoms with Gasteiger partial charge in [-0.3, -0.25) is 4.79 Å². The summed E-state index contributed by atoms with van der Waals surface area (Å²) in [5.41, 5.74) is 1.68. The summed E-state index contributed by atoms with van der Waals surface area (Å²) in [6.07, 6.45) is 3.05. The number of carbonyl (C=O) groups excluding carboxylic acids is 1. The number of benzene rings is 1. The fourth-order valence-electron chi connectivity index (χ4n) is 2.24. The van der Waals surface area contributed by atoms with E-state index in [1.807, 2.05) is 31.2 Å². The van der Waals surface area contributed by atoms with Crippen molar-refractivity contribution >= 4 is 11.6 Å². The first-order valence-electron chi connectivity index (χ1n) is 6.74. The number of hydrogen-bond acceptors (Lipinski definition) is 4. The zero-order valence-electron chi connectivity index (χ0n) is 11.3. The first-order valence-corrected chi connectivity index (χ1v) is 6.74. The molecule has 1 aromatic heterocycles. The smallest absolute Gasteiger partial charge is 0.227 e. The van der Waals surface area contributed by atoms with Crippen LogP contribution in [0.5, 0.6) is 0 Å². The fraction of sp³-hybridized carbons (Fsp3) is 0.333.